The SMILES string of the molecule is COc1ccc(Cc2nccc3cc(Cl)c(Cl)cc23)cc1OC. The van der Waals surface area contributed by atoms with Gasteiger partial charge in [0.15, 0.2) is 11.5 Å². The van der Waals surface area contributed by atoms with Crippen molar-refractivity contribution in [3.05, 3.63) is 63.9 Å². The Kier molecular flexibility index (Phi) is 4.60. The Morgan fingerprint density at radius 1 is 0.913 bits per heavy atom. The van der Waals surface area contributed by atoms with Gasteiger partial charge < -0.3 is 9.47 Å². The molecule has 0 radical (unpaired) electrons. The van der Waals surface area contributed by atoms with E-state index in [2.05, 4.69) is 4.98 Å². The fraction of sp³-hybridized carbons (Fsp3) is 0.167. The van der Waals surface area contributed by atoms with E-state index in [-0.39, 0.29) is 0 Å². The number of halogens is 2. The molecule has 0 saturated carbocycles. The van der Waals surface area contributed by atoms with Gasteiger partial charge in [-0.25, -0.2) is 0 Å². The van der Waals surface area contributed by atoms with Crippen LogP contribution in [0, 0.1) is 0 Å². The van der Waals surface area contributed by atoms with Crippen molar-refractivity contribution in [2.45, 2.75) is 6.42 Å². The molecule has 0 aliphatic heterocycles. The van der Waals surface area contributed by atoms with Crippen LogP contribution < -0.4 is 9.47 Å². The maximum Gasteiger partial charge on any atom is 0.160 e. The first-order valence-electron chi connectivity index (χ1n) is 7.06. The Balaban J connectivity index is 2.03. The molecular formula is C18H15Cl2NO2. The summed E-state index contributed by atoms with van der Waals surface area (Å²) in [4.78, 5) is 4.50. The minimum atomic E-state index is 0.528. The van der Waals surface area contributed by atoms with Gasteiger partial charge in [0.05, 0.1) is 30.0 Å². The third-order valence-corrected chi connectivity index (χ3v) is 4.43. The predicted molar refractivity (Wildman–Crippen MR) is 94.1 cm³/mol. The van der Waals surface area contributed by atoms with Gasteiger partial charge in [-0.15, -0.1) is 0 Å². The van der Waals surface area contributed by atoms with Crippen LogP contribution in [0.2, 0.25) is 10.0 Å². The van der Waals surface area contributed by atoms with Gasteiger partial charge in [-0.1, -0.05) is 29.3 Å². The van der Waals surface area contributed by atoms with Gasteiger partial charge in [0.2, 0.25) is 0 Å². The third-order valence-electron chi connectivity index (χ3n) is 3.71. The molecule has 118 valence electrons. The van der Waals surface area contributed by atoms with E-state index >= 15 is 0 Å². The van der Waals surface area contributed by atoms with E-state index in [0.717, 1.165) is 22.0 Å². The molecule has 0 bridgehead atoms. The number of nitrogens with zero attached hydrogens (tertiary/aromatic N) is 1. The van der Waals surface area contributed by atoms with E-state index in [9.17, 15) is 0 Å². The van der Waals surface area contributed by atoms with Gasteiger partial charge in [0.1, 0.15) is 0 Å². The summed E-state index contributed by atoms with van der Waals surface area (Å²) in [5.41, 5.74) is 2.02. The average Bonchev–Trinajstić information content (AvgIpc) is 2.56. The Hall–Kier alpha value is -1.97. The molecule has 5 heteroatoms. The highest BCUT2D eigenvalue weighted by Crippen LogP contribution is 2.31. The summed E-state index contributed by atoms with van der Waals surface area (Å²) < 4.78 is 10.6. The Labute approximate surface area is 144 Å². The van der Waals surface area contributed by atoms with E-state index < -0.39 is 0 Å². The second-order valence-corrected chi connectivity index (χ2v) is 5.93. The maximum atomic E-state index is 6.15. The highest BCUT2D eigenvalue weighted by molar-refractivity contribution is 6.42. The van der Waals surface area contributed by atoms with Crippen molar-refractivity contribution in [3.63, 3.8) is 0 Å². The minimum absolute atomic E-state index is 0.528. The highest BCUT2D eigenvalue weighted by atomic mass is 35.5. The van der Waals surface area contributed by atoms with Crippen molar-refractivity contribution in [2.24, 2.45) is 0 Å². The van der Waals surface area contributed by atoms with E-state index in [1.54, 1.807) is 20.4 Å². The van der Waals surface area contributed by atoms with E-state index in [0.29, 0.717) is 28.0 Å². The number of pyridine rings is 1. The molecule has 0 saturated heterocycles. The lowest BCUT2D eigenvalue weighted by molar-refractivity contribution is 0.354. The lowest BCUT2D eigenvalue weighted by Gasteiger charge is -2.11. The molecule has 0 amide bonds. The third kappa shape index (κ3) is 3.21. The monoisotopic (exact) mass is 347 g/mol. The summed E-state index contributed by atoms with van der Waals surface area (Å²) in [6, 6.07) is 11.5. The van der Waals surface area contributed by atoms with Crippen LogP contribution in [0.15, 0.2) is 42.6 Å². The lowest BCUT2D eigenvalue weighted by Crippen LogP contribution is -1.96. The largest absolute Gasteiger partial charge is 0.493 e. The molecule has 0 spiro atoms. The van der Waals surface area contributed by atoms with Crippen LogP contribution in [0.5, 0.6) is 11.5 Å². The lowest BCUT2D eigenvalue weighted by atomic mass is 10.0. The van der Waals surface area contributed by atoms with Crippen LogP contribution in [0.1, 0.15) is 11.3 Å². The maximum absolute atomic E-state index is 6.15. The van der Waals surface area contributed by atoms with Gasteiger partial charge >= 0.3 is 0 Å². The first kappa shape index (κ1) is 15.9. The first-order chi connectivity index (χ1) is 11.1. The summed E-state index contributed by atoms with van der Waals surface area (Å²) in [7, 11) is 3.25. The quantitative estimate of drug-likeness (QED) is 0.653. The summed E-state index contributed by atoms with van der Waals surface area (Å²) in [5, 5.41) is 3.09. The fourth-order valence-electron chi connectivity index (χ4n) is 2.55. The Bertz CT molecular complexity index is 865. The summed E-state index contributed by atoms with van der Waals surface area (Å²) in [6.07, 6.45) is 2.44. The van der Waals surface area contributed by atoms with Crippen molar-refractivity contribution in [2.75, 3.05) is 14.2 Å². The zero-order valence-electron chi connectivity index (χ0n) is 12.8. The number of hydrogen-bond acceptors (Lipinski definition) is 3. The zero-order chi connectivity index (χ0) is 16.4. The topological polar surface area (TPSA) is 31.4 Å². The molecule has 3 nitrogen and oxygen atoms in total. The second kappa shape index (κ2) is 6.65. The fourth-order valence-corrected chi connectivity index (χ4v) is 2.89. The first-order valence-corrected chi connectivity index (χ1v) is 7.81. The van der Waals surface area contributed by atoms with Crippen LogP contribution in [0.25, 0.3) is 10.8 Å². The number of benzene rings is 2. The molecule has 2 aromatic carbocycles. The van der Waals surface area contributed by atoms with Crippen LogP contribution in [0.4, 0.5) is 0 Å². The zero-order valence-corrected chi connectivity index (χ0v) is 14.3. The highest BCUT2D eigenvalue weighted by Gasteiger charge is 2.10. The van der Waals surface area contributed by atoms with E-state index in [4.69, 9.17) is 32.7 Å². The standard InChI is InChI=1S/C18H15Cl2NO2/c1-22-17-4-3-11(8-18(17)23-2)7-16-13-10-15(20)14(19)9-12(13)5-6-21-16/h3-6,8-10H,7H2,1-2H3. The van der Waals surface area contributed by atoms with Crippen molar-refractivity contribution < 1.29 is 9.47 Å². The molecule has 3 aromatic rings. The molecule has 0 aliphatic rings. The molecule has 3 rings (SSSR count). The van der Waals surface area contributed by atoms with Gasteiger partial charge in [-0.3, -0.25) is 4.98 Å². The smallest absolute Gasteiger partial charge is 0.160 e. The van der Waals surface area contributed by atoms with E-state index in [1.807, 2.05) is 36.4 Å². The normalized spacial score (nSPS) is 10.8. The molecule has 23 heavy (non-hydrogen) atoms. The molecule has 1 aromatic heterocycles. The van der Waals surface area contributed by atoms with Crippen molar-refractivity contribution >= 4 is 34.0 Å². The number of hydrogen-bond donors (Lipinski definition) is 0. The van der Waals surface area contributed by atoms with Crippen molar-refractivity contribution in [3.8, 4) is 11.5 Å². The molecule has 1 heterocycles. The number of fused-ring (bicyclic) bond motifs is 1. The summed E-state index contributed by atoms with van der Waals surface area (Å²) in [5.74, 6) is 1.41. The number of ether oxygens (including phenoxy) is 2. The van der Waals surface area contributed by atoms with Crippen LogP contribution in [-0.4, -0.2) is 19.2 Å². The molecule has 0 N–H and O–H groups in total. The van der Waals surface area contributed by atoms with E-state index in [1.165, 1.54) is 0 Å². The summed E-state index contributed by atoms with van der Waals surface area (Å²) in [6.45, 7) is 0. The minimum Gasteiger partial charge on any atom is -0.493 e. The Morgan fingerprint density at radius 2 is 1.65 bits per heavy atom. The van der Waals surface area contributed by atoms with Crippen molar-refractivity contribution in [1.29, 1.82) is 0 Å². The van der Waals surface area contributed by atoms with Gasteiger partial charge in [-0.05, 0) is 41.3 Å². The van der Waals surface area contributed by atoms with Crippen LogP contribution >= 0.6 is 23.2 Å². The molecule has 0 atom stereocenters. The van der Waals surface area contributed by atoms with Crippen molar-refractivity contribution in [1.82, 2.24) is 4.98 Å². The Morgan fingerprint density at radius 3 is 2.39 bits per heavy atom. The molecule has 0 fully saturated rings. The van der Waals surface area contributed by atoms with Crippen LogP contribution in [-0.2, 0) is 6.42 Å². The van der Waals surface area contributed by atoms with Gasteiger partial charge in [-0.2, -0.15) is 0 Å². The molecule has 0 unspecified atom stereocenters. The second-order valence-electron chi connectivity index (χ2n) is 5.11. The van der Waals surface area contributed by atoms with Gasteiger partial charge in [0.25, 0.3) is 0 Å². The number of methoxy groups -OCH3 is 2. The number of aromatic nitrogens is 1. The predicted octanol–water partition coefficient (Wildman–Crippen LogP) is 5.15. The van der Waals surface area contributed by atoms with Gasteiger partial charge in [0, 0.05) is 18.0 Å². The number of rotatable bonds is 4. The molecular weight excluding hydrogens is 333 g/mol. The van der Waals surface area contributed by atoms with Crippen LogP contribution in [0.3, 0.4) is 0 Å². The average molecular weight is 348 g/mol. The summed E-state index contributed by atoms with van der Waals surface area (Å²) >= 11 is 12.2. The molecule has 0 aliphatic carbocycles.